The highest BCUT2D eigenvalue weighted by Gasteiger charge is 2.29. The Bertz CT molecular complexity index is 401. The van der Waals surface area contributed by atoms with Crippen LogP contribution in [0, 0.1) is 0 Å². The van der Waals surface area contributed by atoms with Gasteiger partial charge in [-0.15, -0.1) is 0 Å². The second-order valence-electron chi connectivity index (χ2n) is 2.71. The van der Waals surface area contributed by atoms with Crippen molar-refractivity contribution < 1.29 is 25.5 Å². The van der Waals surface area contributed by atoms with Crippen molar-refractivity contribution in [3.05, 3.63) is 0 Å². The van der Waals surface area contributed by atoms with E-state index in [4.69, 9.17) is 4.55 Å². The predicted octanol–water partition coefficient (Wildman–Crippen LogP) is -0.428. The number of hydrogen-bond donors (Lipinski definition) is 1. The van der Waals surface area contributed by atoms with Crippen LogP contribution >= 0.6 is 0 Å². The molecule has 1 heterocycles. The van der Waals surface area contributed by atoms with E-state index in [9.17, 15) is 12.6 Å². The molecule has 6 nitrogen and oxygen atoms in total. The Kier molecular flexibility index (Phi) is 2.70. The maximum absolute atomic E-state index is 11.0. The minimum Gasteiger partial charge on any atom is -0.293 e. The highest BCUT2D eigenvalue weighted by Crippen LogP contribution is 2.13. The van der Waals surface area contributed by atoms with Gasteiger partial charge in [-0.2, -0.15) is 8.42 Å². The lowest BCUT2D eigenvalue weighted by Crippen LogP contribution is -2.26. The van der Waals surface area contributed by atoms with Crippen LogP contribution < -0.4 is 0 Å². The molecule has 0 spiro atoms. The molecule has 78 valence electrons. The monoisotopic (exact) mass is 230 g/mol. The van der Waals surface area contributed by atoms with Crippen molar-refractivity contribution in [2.45, 2.75) is 26.1 Å². The molecule has 0 aromatic rings. The summed E-state index contributed by atoms with van der Waals surface area (Å²) in [6, 6.07) is 0. The first-order chi connectivity index (χ1) is 5.72. The van der Waals surface area contributed by atoms with E-state index >= 15 is 0 Å². The highest BCUT2D eigenvalue weighted by molar-refractivity contribution is 8.15. The Hall–Kier alpha value is -0.150. The molecule has 13 heavy (non-hydrogen) atoms. The molecule has 0 saturated heterocycles. The Balaban J connectivity index is 3.20. The minimum absolute atomic E-state index is 0.181. The molecule has 1 aliphatic rings. The molecular formula is C5H10O6S2. The summed E-state index contributed by atoms with van der Waals surface area (Å²) in [6.45, 7) is 2.89. The summed E-state index contributed by atoms with van der Waals surface area (Å²) in [4.78, 5) is 0. The SMILES string of the molecule is CC1OS(=O)(=O)C=S(=O)(O)OC1C. The largest absolute Gasteiger partial charge is 0.302 e. The van der Waals surface area contributed by atoms with Crippen LogP contribution in [0.3, 0.4) is 0 Å². The molecule has 0 radical (unpaired) electrons. The summed E-state index contributed by atoms with van der Waals surface area (Å²) in [5.74, 6) is 0. The summed E-state index contributed by atoms with van der Waals surface area (Å²) < 4.78 is 51.1. The standard InChI is InChI=1S/C5H10O6S2/c1-4-5(2)11-13(8,9)3-12(6,7)10-4/h3-5H,1-2H3,(H,6,7). The Labute approximate surface area is 77.0 Å². The molecule has 0 amide bonds. The molecule has 0 fully saturated rings. The third kappa shape index (κ3) is 2.92. The summed E-state index contributed by atoms with van der Waals surface area (Å²) >= 11 is 0. The summed E-state index contributed by atoms with van der Waals surface area (Å²) in [5, 5.41) is 0. The lowest BCUT2D eigenvalue weighted by Gasteiger charge is -2.14. The maximum Gasteiger partial charge on any atom is 0.302 e. The van der Waals surface area contributed by atoms with Crippen LogP contribution in [0.4, 0.5) is 0 Å². The Morgan fingerprint density at radius 2 is 1.62 bits per heavy atom. The summed E-state index contributed by atoms with van der Waals surface area (Å²) in [7, 11) is -7.98. The van der Waals surface area contributed by atoms with Crippen molar-refractivity contribution in [1.82, 2.24) is 0 Å². The molecular weight excluding hydrogens is 220 g/mol. The molecule has 0 aliphatic carbocycles. The first-order valence-corrected chi connectivity index (χ1v) is 6.42. The molecule has 8 heteroatoms. The normalized spacial score (nSPS) is 44.8. The van der Waals surface area contributed by atoms with Gasteiger partial charge in [-0.05, 0) is 13.8 Å². The maximum atomic E-state index is 11.0. The van der Waals surface area contributed by atoms with Crippen LogP contribution in [-0.2, 0) is 28.6 Å². The summed E-state index contributed by atoms with van der Waals surface area (Å²) in [6.07, 6.45) is -1.54. The van der Waals surface area contributed by atoms with Crippen LogP contribution in [0.5, 0.6) is 0 Å². The predicted molar refractivity (Wildman–Crippen MR) is 46.8 cm³/mol. The van der Waals surface area contributed by atoms with Gasteiger partial charge in [0.15, 0.2) is 4.70 Å². The molecule has 0 bridgehead atoms. The quantitative estimate of drug-likeness (QED) is 0.448. The van der Waals surface area contributed by atoms with Crippen LogP contribution in [0.2, 0.25) is 0 Å². The smallest absolute Gasteiger partial charge is 0.293 e. The Morgan fingerprint density at radius 3 is 2.15 bits per heavy atom. The summed E-state index contributed by atoms with van der Waals surface area (Å²) in [5.41, 5.74) is 0. The average molecular weight is 230 g/mol. The van der Waals surface area contributed by atoms with E-state index in [1.54, 1.807) is 0 Å². The lowest BCUT2D eigenvalue weighted by atomic mass is 10.3. The van der Waals surface area contributed by atoms with Crippen LogP contribution in [0.15, 0.2) is 0 Å². The van der Waals surface area contributed by atoms with E-state index in [1.165, 1.54) is 13.8 Å². The molecule has 0 saturated carbocycles. The zero-order valence-corrected chi connectivity index (χ0v) is 8.67. The molecule has 0 aromatic carbocycles. The third-order valence-electron chi connectivity index (χ3n) is 1.48. The zero-order chi connectivity index (χ0) is 10.3. The molecule has 3 unspecified atom stereocenters. The number of rotatable bonds is 0. The topological polar surface area (TPSA) is 89.9 Å². The highest BCUT2D eigenvalue weighted by atomic mass is 32.3. The van der Waals surface area contributed by atoms with Crippen molar-refractivity contribution in [3.63, 3.8) is 0 Å². The second kappa shape index (κ2) is 3.21. The zero-order valence-electron chi connectivity index (χ0n) is 7.04. The molecule has 1 aliphatic heterocycles. The van der Waals surface area contributed by atoms with Crippen LogP contribution in [0.1, 0.15) is 13.8 Å². The first-order valence-electron chi connectivity index (χ1n) is 3.45. The third-order valence-corrected chi connectivity index (χ3v) is 4.54. The van der Waals surface area contributed by atoms with E-state index in [1.807, 2.05) is 0 Å². The van der Waals surface area contributed by atoms with Gasteiger partial charge in [0.1, 0.15) is 12.2 Å². The van der Waals surface area contributed by atoms with Crippen molar-refractivity contribution >= 4 is 24.9 Å². The van der Waals surface area contributed by atoms with Gasteiger partial charge in [-0.25, -0.2) is 4.21 Å². The fourth-order valence-electron chi connectivity index (χ4n) is 0.780. The van der Waals surface area contributed by atoms with Gasteiger partial charge in [0.05, 0.1) is 0 Å². The van der Waals surface area contributed by atoms with E-state index in [2.05, 4.69) is 8.37 Å². The number of hydrogen-bond acceptors (Lipinski definition) is 5. The molecule has 3 atom stereocenters. The van der Waals surface area contributed by atoms with Crippen LogP contribution in [0.25, 0.3) is 0 Å². The fraction of sp³-hybridized carbons (Fsp3) is 0.800. The van der Waals surface area contributed by atoms with Crippen molar-refractivity contribution in [1.29, 1.82) is 0 Å². The average Bonchev–Trinajstić information content (AvgIpc) is 1.85. The minimum atomic E-state index is -4.08. The second-order valence-corrected chi connectivity index (χ2v) is 5.88. The van der Waals surface area contributed by atoms with Gasteiger partial charge in [-0.3, -0.25) is 12.9 Å². The van der Waals surface area contributed by atoms with Gasteiger partial charge in [0, 0.05) is 0 Å². The first kappa shape index (κ1) is 10.9. The molecule has 1 rings (SSSR count). The van der Waals surface area contributed by atoms with Crippen LogP contribution in [-0.4, -0.2) is 34.1 Å². The fourth-order valence-corrected chi connectivity index (χ4v) is 3.51. The molecule has 1 N–H and O–H groups in total. The van der Waals surface area contributed by atoms with Gasteiger partial charge in [0.25, 0.3) is 0 Å². The van der Waals surface area contributed by atoms with Gasteiger partial charge >= 0.3 is 10.1 Å². The van der Waals surface area contributed by atoms with E-state index in [0.717, 1.165) is 0 Å². The van der Waals surface area contributed by atoms with Gasteiger partial charge < -0.3 is 0 Å². The van der Waals surface area contributed by atoms with Gasteiger partial charge in [-0.1, -0.05) is 0 Å². The van der Waals surface area contributed by atoms with E-state index in [0.29, 0.717) is 0 Å². The molecule has 0 aromatic heterocycles. The van der Waals surface area contributed by atoms with E-state index in [-0.39, 0.29) is 4.70 Å². The lowest BCUT2D eigenvalue weighted by molar-refractivity contribution is 0.0892. The van der Waals surface area contributed by atoms with Gasteiger partial charge in [0.2, 0.25) is 10.1 Å². The van der Waals surface area contributed by atoms with Crippen molar-refractivity contribution in [3.8, 4) is 0 Å². The Morgan fingerprint density at radius 1 is 1.15 bits per heavy atom. The van der Waals surface area contributed by atoms with Crippen molar-refractivity contribution in [2.24, 2.45) is 0 Å². The van der Waals surface area contributed by atoms with Crippen molar-refractivity contribution in [2.75, 3.05) is 0 Å². The van der Waals surface area contributed by atoms with E-state index < -0.39 is 32.4 Å².